The summed E-state index contributed by atoms with van der Waals surface area (Å²) in [7, 11) is 0. The molecule has 0 fully saturated rings. The van der Waals surface area contributed by atoms with Gasteiger partial charge in [0.15, 0.2) is 0 Å². The summed E-state index contributed by atoms with van der Waals surface area (Å²) in [5.41, 5.74) is 11.0. The van der Waals surface area contributed by atoms with Gasteiger partial charge in [0.1, 0.15) is 0 Å². The summed E-state index contributed by atoms with van der Waals surface area (Å²) in [5, 5.41) is 2.62. The number of nitrogens with two attached hydrogens (primary N) is 1. The molecule has 4 nitrogen and oxygen atoms in total. The highest BCUT2D eigenvalue weighted by molar-refractivity contribution is 5.87. The van der Waals surface area contributed by atoms with E-state index in [0.717, 1.165) is 25.1 Å². The molecule has 0 aliphatic carbocycles. The van der Waals surface area contributed by atoms with Crippen LogP contribution in [0.1, 0.15) is 35.9 Å². The molecule has 0 unspecified atom stereocenters. The highest BCUT2D eigenvalue weighted by atomic mass is 16.2. The Labute approximate surface area is 126 Å². The molecule has 0 saturated carbocycles. The van der Waals surface area contributed by atoms with Crippen LogP contribution in [0.25, 0.3) is 0 Å². The Kier molecular flexibility index (Phi) is 4.68. The largest absolute Gasteiger partial charge is 0.351 e. The van der Waals surface area contributed by atoms with Gasteiger partial charge in [0, 0.05) is 30.0 Å². The summed E-state index contributed by atoms with van der Waals surface area (Å²) in [5.74, 6) is 0. The first-order chi connectivity index (χ1) is 10.0. The number of rotatable bonds is 5. The SMILES string of the molecule is CCCn1c(C)cc(C)c1Cc1cccc(NC(N)=O)c1. The molecule has 4 heteroatoms. The van der Waals surface area contributed by atoms with Crippen LogP contribution >= 0.6 is 0 Å². The maximum absolute atomic E-state index is 10.9. The van der Waals surface area contributed by atoms with Gasteiger partial charge in [-0.3, -0.25) is 0 Å². The van der Waals surface area contributed by atoms with E-state index in [-0.39, 0.29) is 0 Å². The maximum atomic E-state index is 10.9. The molecule has 2 amide bonds. The Hall–Kier alpha value is -2.23. The fourth-order valence-corrected chi connectivity index (χ4v) is 2.76. The van der Waals surface area contributed by atoms with Crippen molar-refractivity contribution < 1.29 is 4.79 Å². The monoisotopic (exact) mass is 285 g/mol. The summed E-state index contributed by atoms with van der Waals surface area (Å²) < 4.78 is 2.38. The molecule has 0 spiro atoms. The minimum atomic E-state index is -0.534. The summed E-state index contributed by atoms with van der Waals surface area (Å²) in [6.07, 6.45) is 1.97. The van der Waals surface area contributed by atoms with E-state index < -0.39 is 6.03 Å². The van der Waals surface area contributed by atoms with Crippen LogP contribution in [0.5, 0.6) is 0 Å². The minimum Gasteiger partial charge on any atom is -0.351 e. The van der Waals surface area contributed by atoms with Crippen LogP contribution in [0, 0.1) is 13.8 Å². The fraction of sp³-hybridized carbons (Fsp3) is 0.353. The number of aromatic nitrogens is 1. The van der Waals surface area contributed by atoms with Gasteiger partial charge in [-0.25, -0.2) is 4.79 Å². The van der Waals surface area contributed by atoms with Crippen molar-refractivity contribution in [3.8, 4) is 0 Å². The third kappa shape index (κ3) is 3.66. The van der Waals surface area contributed by atoms with Crippen molar-refractivity contribution in [2.45, 2.75) is 40.2 Å². The second-order valence-electron chi connectivity index (χ2n) is 5.43. The first-order valence-electron chi connectivity index (χ1n) is 7.32. The lowest BCUT2D eigenvalue weighted by Gasteiger charge is -2.12. The molecular formula is C17H23N3O. The van der Waals surface area contributed by atoms with Gasteiger partial charge < -0.3 is 15.6 Å². The van der Waals surface area contributed by atoms with Crippen LogP contribution in [0.4, 0.5) is 10.5 Å². The second-order valence-corrected chi connectivity index (χ2v) is 5.43. The molecule has 0 aliphatic rings. The van der Waals surface area contributed by atoms with Crippen molar-refractivity contribution in [1.29, 1.82) is 0 Å². The molecule has 0 aliphatic heterocycles. The van der Waals surface area contributed by atoms with E-state index >= 15 is 0 Å². The molecule has 0 atom stereocenters. The van der Waals surface area contributed by atoms with Crippen LogP contribution in [-0.2, 0) is 13.0 Å². The standard InChI is InChI=1S/C17H23N3O/c1-4-8-20-13(3)9-12(2)16(20)11-14-6-5-7-15(10-14)19-17(18)21/h5-7,9-10H,4,8,11H2,1-3H3,(H3,18,19,21). The summed E-state index contributed by atoms with van der Waals surface area (Å²) in [6, 6.07) is 9.53. The number of carbonyl (C=O) groups is 1. The van der Waals surface area contributed by atoms with Gasteiger partial charge in [-0.05, 0) is 49.6 Å². The van der Waals surface area contributed by atoms with Crippen molar-refractivity contribution in [3.63, 3.8) is 0 Å². The zero-order valence-corrected chi connectivity index (χ0v) is 12.9. The number of aryl methyl sites for hydroxylation is 2. The van der Waals surface area contributed by atoms with Gasteiger partial charge in [0.25, 0.3) is 0 Å². The highest BCUT2D eigenvalue weighted by Crippen LogP contribution is 2.21. The van der Waals surface area contributed by atoms with E-state index in [0.29, 0.717) is 0 Å². The maximum Gasteiger partial charge on any atom is 0.316 e. The number of hydrogen-bond acceptors (Lipinski definition) is 1. The minimum absolute atomic E-state index is 0.534. The summed E-state index contributed by atoms with van der Waals surface area (Å²) in [6.45, 7) is 7.53. The predicted octanol–water partition coefficient (Wildman–Crippen LogP) is 3.60. The smallest absolute Gasteiger partial charge is 0.316 e. The van der Waals surface area contributed by atoms with Crippen LogP contribution in [-0.4, -0.2) is 10.6 Å². The number of primary amides is 1. The fourth-order valence-electron chi connectivity index (χ4n) is 2.76. The normalized spacial score (nSPS) is 10.6. The molecule has 2 aromatic rings. The summed E-state index contributed by atoms with van der Waals surface area (Å²) >= 11 is 0. The van der Waals surface area contributed by atoms with Gasteiger partial charge >= 0.3 is 6.03 Å². The number of urea groups is 1. The van der Waals surface area contributed by atoms with Crippen LogP contribution in [0.3, 0.4) is 0 Å². The predicted molar refractivity (Wildman–Crippen MR) is 86.7 cm³/mol. The average molecular weight is 285 g/mol. The van der Waals surface area contributed by atoms with Crippen molar-refractivity contribution in [2.24, 2.45) is 5.73 Å². The highest BCUT2D eigenvalue weighted by Gasteiger charge is 2.10. The molecule has 3 N–H and O–H groups in total. The Bertz CT molecular complexity index is 643. The first kappa shape index (κ1) is 15.2. The number of amides is 2. The number of benzene rings is 1. The van der Waals surface area contributed by atoms with Crippen molar-refractivity contribution in [3.05, 3.63) is 52.8 Å². The Morgan fingerprint density at radius 2 is 2.05 bits per heavy atom. The van der Waals surface area contributed by atoms with E-state index in [9.17, 15) is 4.79 Å². The molecule has 2 rings (SSSR count). The first-order valence-corrected chi connectivity index (χ1v) is 7.32. The van der Waals surface area contributed by atoms with Crippen LogP contribution in [0.15, 0.2) is 30.3 Å². The molecule has 0 saturated heterocycles. The average Bonchev–Trinajstić information content (AvgIpc) is 2.66. The zero-order chi connectivity index (χ0) is 15.4. The van der Waals surface area contributed by atoms with Gasteiger partial charge in [-0.2, -0.15) is 0 Å². The Balaban J connectivity index is 2.27. The Morgan fingerprint density at radius 3 is 2.71 bits per heavy atom. The molecule has 0 bridgehead atoms. The van der Waals surface area contributed by atoms with Gasteiger partial charge in [-0.15, -0.1) is 0 Å². The molecule has 21 heavy (non-hydrogen) atoms. The van der Waals surface area contributed by atoms with Gasteiger partial charge in [0.2, 0.25) is 0 Å². The second kappa shape index (κ2) is 6.48. The van der Waals surface area contributed by atoms with Crippen LogP contribution < -0.4 is 11.1 Å². The lowest BCUT2D eigenvalue weighted by molar-refractivity contribution is 0.259. The molecule has 1 aromatic carbocycles. The van der Waals surface area contributed by atoms with Crippen molar-refractivity contribution in [2.75, 3.05) is 5.32 Å². The third-order valence-corrected chi connectivity index (χ3v) is 3.65. The number of nitrogens with one attached hydrogen (secondary N) is 1. The summed E-state index contributed by atoms with van der Waals surface area (Å²) in [4.78, 5) is 10.9. The number of nitrogens with zero attached hydrogens (tertiary/aromatic N) is 1. The number of anilines is 1. The topological polar surface area (TPSA) is 60.1 Å². The number of hydrogen-bond donors (Lipinski definition) is 2. The van der Waals surface area contributed by atoms with E-state index in [4.69, 9.17) is 5.73 Å². The lowest BCUT2D eigenvalue weighted by Crippen LogP contribution is -2.19. The van der Waals surface area contributed by atoms with Gasteiger partial charge in [-0.1, -0.05) is 19.1 Å². The van der Waals surface area contributed by atoms with Crippen molar-refractivity contribution in [1.82, 2.24) is 4.57 Å². The molecule has 1 aromatic heterocycles. The quantitative estimate of drug-likeness (QED) is 0.866. The Morgan fingerprint density at radius 1 is 1.29 bits per heavy atom. The zero-order valence-electron chi connectivity index (χ0n) is 12.9. The van der Waals surface area contributed by atoms with E-state index in [1.165, 1.54) is 22.5 Å². The molecule has 0 radical (unpaired) electrons. The molecular weight excluding hydrogens is 262 g/mol. The van der Waals surface area contributed by atoms with Gasteiger partial charge in [0.05, 0.1) is 0 Å². The number of carbonyl (C=O) groups excluding carboxylic acids is 1. The molecule has 112 valence electrons. The van der Waals surface area contributed by atoms with Crippen molar-refractivity contribution >= 4 is 11.7 Å². The van der Waals surface area contributed by atoms with E-state index in [2.05, 4.69) is 42.8 Å². The van der Waals surface area contributed by atoms with E-state index in [1.54, 1.807) is 0 Å². The van der Waals surface area contributed by atoms with Crippen LogP contribution in [0.2, 0.25) is 0 Å². The third-order valence-electron chi connectivity index (χ3n) is 3.65. The van der Waals surface area contributed by atoms with E-state index in [1.807, 2.05) is 18.2 Å². The molecule has 1 heterocycles. The lowest BCUT2D eigenvalue weighted by atomic mass is 10.1.